The Balaban J connectivity index is 2.07. The summed E-state index contributed by atoms with van der Waals surface area (Å²) in [5.74, 6) is -0.762. The zero-order valence-electron chi connectivity index (χ0n) is 11.3. The van der Waals surface area contributed by atoms with Crippen LogP contribution in [0, 0.1) is 11.3 Å². The Morgan fingerprint density at radius 2 is 2.16 bits per heavy atom. The van der Waals surface area contributed by atoms with E-state index in [-0.39, 0.29) is 22.0 Å². The number of nitrogens with zero attached hydrogens (tertiary/aromatic N) is 2. The Morgan fingerprint density at radius 1 is 1.47 bits per heavy atom. The maximum Gasteiger partial charge on any atom is 0.365 e. The van der Waals surface area contributed by atoms with Gasteiger partial charge in [0.05, 0.1) is 0 Å². The van der Waals surface area contributed by atoms with Crippen LogP contribution in [0.3, 0.4) is 0 Å². The van der Waals surface area contributed by atoms with Crippen molar-refractivity contribution in [1.29, 1.82) is 0 Å². The molecule has 0 radical (unpaired) electrons. The first kappa shape index (κ1) is 14.0. The lowest BCUT2D eigenvalue weighted by atomic mass is 9.80. The van der Waals surface area contributed by atoms with Gasteiger partial charge in [-0.15, -0.1) is 11.3 Å². The molecule has 1 fully saturated rings. The molecule has 104 valence electrons. The summed E-state index contributed by atoms with van der Waals surface area (Å²) in [6.45, 7) is 7.98. The van der Waals surface area contributed by atoms with Gasteiger partial charge in [-0.3, -0.25) is 4.79 Å². The highest BCUT2D eigenvalue weighted by Crippen LogP contribution is 2.34. The number of carboxylic acid groups (broad SMARTS) is 1. The van der Waals surface area contributed by atoms with E-state index in [0.717, 1.165) is 30.8 Å². The lowest BCUT2D eigenvalue weighted by Gasteiger charge is -2.26. The van der Waals surface area contributed by atoms with Crippen LogP contribution in [0.25, 0.3) is 0 Å². The van der Waals surface area contributed by atoms with E-state index in [1.54, 1.807) is 4.90 Å². The third kappa shape index (κ3) is 2.94. The first-order chi connectivity index (χ1) is 8.79. The first-order valence-electron chi connectivity index (χ1n) is 6.27. The molecule has 5 nitrogen and oxygen atoms in total. The summed E-state index contributed by atoms with van der Waals surface area (Å²) < 4.78 is 0. The van der Waals surface area contributed by atoms with E-state index in [1.807, 2.05) is 0 Å². The maximum atomic E-state index is 12.2. The molecule has 19 heavy (non-hydrogen) atoms. The van der Waals surface area contributed by atoms with Crippen molar-refractivity contribution in [2.24, 2.45) is 11.3 Å². The fourth-order valence-electron chi connectivity index (χ4n) is 2.28. The van der Waals surface area contributed by atoms with E-state index in [1.165, 1.54) is 5.38 Å². The molecule has 0 bridgehead atoms. The number of likely N-dealkylation sites (tertiary alicyclic amines) is 1. The van der Waals surface area contributed by atoms with E-state index in [9.17, 15) is 9.59 Å². The second-order valence-electron chi connectivity index (χ2n) is 5.95. The second kappa shape index (κ2) is 4.92. The minimum atomic E-state index is -1.09. The zero-order valence-corrected chi connectivity index (χ0v) is 12.2. The van der Waals surface area contributed by atoms with Gasteiger partial charge < -0.3 is 10.0 Å². The van der Waals surface area contributed by atoms with Crippen molar-refractivity contribution in [2.45, 2.75) is 27.2 Å². The van der Waals surface area contributed by atoms with E-state index in [2.05, 4.69) is 25.8 Å². The van der Waals surface area contributed by atoms with Crippen LogP contribution in [0.4, 0.5) is 0 Å². The van der Waals surface area contributed by atoms with Gasteiger partial charge in [-0.25, -0.2) is 9.78 Å². The molecule has 1 saturated heterocycles. The predicted molar refractivity (Wildman–Crippen MR) is 72.5 cm³/mol. The van der Waals surface area contributed by atoms with E-state index in [0.29, 0.717) is 5.92 Å². The molecular formula is C13H18N2O3S. The normalized spacial score (nSPS) is 19.7. The average molecular weight is 282 g/mol. The van der Waals surface area contributed by atoms with E-state index >= 15 is 0 Å². The fraction of sp³-hybridized carbons (Fsp3) is 0.615. The Bertz CT molecular complexity index is 504. The molecule has 2 rings (SSSR count). The molecule has 1 aromatic heterocycles. The monoisotopic (exact) mass is 282 g/mol. The van der Waals surface area contributed by atoms with Crippen LogP contribution in [-0.2, 0) is 0 Å². The van der Waals surface area contributed by atoms with Gasteiger partial charge in [0, 0.05) is 18.5 Å². The second-order valence-corrected chi connectivity index (χ2v) is 6.80. The van der Waals surface area contributed by atoms with Crippen molar-refractivity contribution in [3.05, 3.63) is 16.1 Å². The fourth-order valence-corrected chi connectivity index (χ4v) is 2.91. The van der Waals surface area contributed by atoms with Gasteiger partial charge >= 0.3 is 5.97 Å². The minimum absolute atomic E-state index is 0.0325. The summed E-state index contributed by atoms with van der Waals surface area (Å²) in [6.07, 6.45) is 0.991. The minimum Gasteiger partial charge on any atom is -0.476 e. The molecule has 1 unspecified atom stereocenters. The molecule has 2 heterocycles. The lowest BCUT2D eigenvalue weighted by Crippen LogP contribution is -2.31. The number of rotatable bonds is 2. The van der Waals surface area contributed by atoms with Crippen LogP contribution >= 0.6 is 11.3 Å². The molecule has 1 aliphatic rings. The van der Waals surface area contributed by atoms with E-state index < -0.39 is 5.97 Å². The van der Waals surface area contributed by atoms with Crippen molar-refractivity contribution in [3.63, 3.8) is 0 Å². The van der Waals surface area contributed by atoms with Crippen molar-refractivity contribution < 1.29 is 14.7 Å². The van der Waals surface area contributed by atoms with Crippen LogP contribution in [0.2, 0.25) is 0 Å². The van der Waals surface area contributed by atoms with Gasteiger partial charge in [0.25, 0.3) is 5.91 Å². The van der Waals surface area contributed by atoms with Gasteiger partial charge in [-0.1, -0.05) is 20.8 Å². The highest BCUT2D eigenvalue weighted by Gasteiger charge is 2.34. The van der Waals surface area contributed by atoms with Crippen molar-refractivity contribution in [1.82, 2.24) is 9.88 Å². The third-order valence-electron chi connectivity index (χ3n) is 3.61. The largest absolute Gasteiger partial charge is 0.476 e. The smallest absolute Gasteiger partial charge is 0.365 e. The molecule has 0 saturated carbocycles. The molecule has 0 aromatic carbocycles. The van der Waals surface area contributed by atoms with E-state index in [4.69, 9.17) is 5.11 Å². The molecule has 1 aliphatic heterocycles. The number of carbonyl (C=O) groups excluding carboxylic acids is 1. The molecule has 1 amide bonds. The van der Waals surface area contributed by atoms with Crippen LogP contribution in [0.5, 0.6) is 0 Å². The molecular weight excluding hydrogens is 264 g/mol. The maximum absolute atomic E-state index is 12.2. The van der Waals surface area contributed by atoms with Crippen molar-refractivity contribution in [2.75, 3.05) is 13.1 Å². The number of carboxylic acids is 1. The first-order valence-corrected chi connectivity index (χ1v) is 7.15. The van der Waals surface area contributed by atoms with Crippen molar-refractivity contribution >= 4 is 23.2 Å². The Kier molecular flexibility index (Phi) is 3.62. The summed E-state index contributed by atoms with van der Waals surface area (Å²) in [7, 11) is 0. The lowest BCUT2D eigenvalue weighted by molar-refractivity contribution is 0.0696. The number of amides is 1. The Labute approximate surface area is 116 Å². The van der Waals surface area contributed by atoms with Gasteiger partial charge in [0.2, 0.25) is 5.01 Å². The summed E-state index contributed by atoms with van der Waals surface area (Å²) in [6, 6.07) is 0. The molecule has 6 heteroatoms. The third-order valence-corrected chi connectivity index (χ3v) is 4.44. The summed E-state index contributed by atoms with van der Waals surface area (Å²) in [4.78, 5) is 28.6. The molecule has 1 atom stereocenters. The Hall–Kier alpha value is -1.43. The van der Waals surface area contributed by atoms with Gasteiger partial charge in [-0.2, -0.15) is 0 Å². The van der Waals surface area contributed by atoms with Crippen LogP contribution in [0.1, 0.15) is 47.5 Å². The number of hydrogen-bond acceptors (Lipinski definition) is 4. The topological polar surface area (TPSA) is 70.5 Å². The quantitative estimate of drug-likeness (QED) is 0.904. The van der Waals surface area contributed by atoms with Crippen molar-refractivity contribution in [3.8, 4) is 0 Å². The number of thiazole rings is 1. The summed E-state index contributed by atoms with van der Waals surface area (Å²) in [5.41, 5.74) is 0.431. The van der Waals surface area contributed by atoms with Crippen LogP contribution in [0.15, 0.2) is 5.38 Å². The number of hydrogen-bond donors (Lipinski definition) is 1. The average Bonchev–Trinajstić information content (AvgIpc) is 2.97. The van der Waals surface area contributed by atoms with Crippen LogP contribution < -0.4 is 0 Å². The van der Waals surface area contributed by atoms with Gasteiger partial charge in [0.1, 0.15) is 5.69 Å². The van der Waals surface area contributed by atoms with Crippen LogP contribution in [-0.4, -0.2) is 40.0 Å². The zero-order chi connectivity index (χ0) is 14.2. The summed E-state index contributed by atoms with van der Waals surface area (Å²) >= 11 is 0.993. The molecule has 0 aliphatic carbocycles. The Morgan fingerprint density at radius 3 is 2.63 bits per heavy atom. The number of carbonyl (C=O) groups is 2. The molecule has 1 N–H and O–H groups in total. The van der Waals surface area contributed by atoms with Gasteiger partial charge in [0.15, 0.2) is 0 Å². The number of aromatic nitrogens is 1. The highest BCUT2D eigenvalue weighted by atomic mass is 32.1. The SMILES string of the molecule is CC(C)(C)C1CCN(C(=O)c2csc(C(=O)O)n2)C1. The highest BCUT2D eigenvalue weighted by molar-refractivity contribution is 7.11. The van der Waals surface area contributed by atoms with Gasteiger partial charge in [-0.05, 0) is 17.8 Å². The predicted octanol–water partition coefficient (Wildman–Crippen LogP) is 2.35. The molecule has 0 spiro atoms. The standard InChI is InChI=1S/C13H18N2O3S/c1-13(2,3)8-4-5-15(6-8)11(16)9-7-19-10(14-9)12(17)18/h7-8H,4-6H2,1-3H3,(H,17,18). The number of aromatic carboxylic acids is 1. The summed E-state index contributed by atoms with van der Waals surface area (Å²) in [5, 5.41) is 10.3. The molecule has 1 aromatic rings.